The predicted molar refractivity (Wildman–Crippen MR) is 74.3 cm³/mol. The van der Waals surface area contributed by atoms with Gasteiger partial charge in [-0.3, -0.25) is 0 Å². The molecule has 1 aliphatic heterocycles. The summed E-state index contributed by atoms with van der Waals surface area (Å²) in [6.07, 6.45) is 4.33. The minimum atomic E-state index is -0.836. The summed E-state index contributed by atoms with van der Waals surface area (Å²) < 4.78 is 2.87. The van der Waals surface area contributed by atoms with Crippen LogP contribution in [0.15, 0.2) is 12.3 Å². The molecule has 0 aromatic carbocycles. The monoisotopic (exact) mass is 348 g/mol. The molecule has 1 unspecified atom stereocenters. The molecule has 0 aliphatic carbocycles. The molecule has 1 aliphatic rings. The molecule has 1 N–H and O–H groups in total. The molecule has 1 aromatic heterocycles. The van der Waals surface area contributed by atoms with Gasteiger partial charge in [0.2, 0.25) is 0 Å². The summed E-state index contributed by atoms with van der Waals surface area (Å²) in [4.78, 5) is 13.4. The highest BCUT2D eigenvalue weighted by Crippen LogP contribution is 2.20. The van der Waals surface area contributed by atoms with E-state index in [1.54, 1.807) is 6.07 Å². The molecule has 0 radical (unpaired) electrons. The van der Waals surface area contributed by atoms with Gasteiger partial charge in [0.25, 0.3) is 0 Å². The first-order valence-corrected chi connectivity index (χ1v) is 6.91. The lowest BCUT2D eigenvalue weighted by Crippen LogP contribution is -2.34. The van der Waals surface area contributed by atoms with Gasteiger partial charge in [0.05, 0.1) is 0 Å². The molecule has 4 nitrogen and oxygen atoms in total. The summed E-state index contributed by atoms with van der Waals surface area (Å²) in [6.45, 7) is 3.04. The van der Waals surface area contributed by atoms with E-state index in [9.17, 15) is 4.79 Å². The number of hydrogen-bond donors (Lipinski definition) is 1. The van der Waals surface area contributed by atoms with E-state index in [1.807, 2.05) is 10.8 Å². The maximum absolute atomic E-state index is 11.1. The van der Waals surface area contributed by atoms with Gasteiger partial charge in [-0.25, -0.2) is 4.79 Å². The van der Waals surface area contributed by atoms with Crippen molar-refractivity contribution in [1.82, 2.24) is 9.47 Å². The first-order chi connectivity index (χ1) is 8.06. The highest BCUT2D eigenvalue weighted by molar-refractivity contribution is 14.1. The number of nitrogens with zero attached hydrogens (tertiary/aromatic N) is 2. The largest absolute Gasteiger partial charge is 0.477 e. The second kappa shape index (κ2) is 5.39. The maximum Gasteiger partial charge on any atom is 0.352 e. The van der Waals surface area contributed by atoms with Crippen LogP contribution in [0, 0.1) is 9.49 Å². The number of aromatic carboxylic acids is 1. The Hall–Kier alpha value is -0.560. The SMILES string of the molecule is CN1CCCC(Cn2cc(I)cc2C(=O)O)C1. The zero-order chi connectivity index (χ0) is 12.4. The van der Waals surface area contributed by atoms with Crippen LogP contribution < -0.4 is 0 Å². The Bertz CT molecular complexity index is 417. The fraction of sp³-hybridized carbons (Fsp3) is 0.583. The van der Waals surface area contributed by atoms with Gasteiger partial charge in [-0.1, -0.05) is 0 Å². The van der Waals surface area contributed by atoms with E-state index in [2.05, 4.69) is 34.5 Å². The minimum absolute atomic E-state index is 0.405. The van der Waals surface area contributed by atoms with Crippen molar-refractivity contribution in [3.8, 4) is 0 Å². The quantitative estimate of drug-likeness (QED) is 0.852. The van der Waals surface area contributed by atoms with E-state index in [-0.39, 0.29) is 0 Å². The Kier molecular flexibility index (Phi) is 4.09. The Morgan fingerprint density at radius 3 is 3.06 bits per heavy atom. The van der Waals surface area contributed by atoms with Crippen LogP contribution in [0.4, 0.5) is 0 Å². The third-order valence-corrected chi connectivity index (χ3v) is 3.85. The lowest BCUT2D eigenvalue weighted by Gasteiger charge is -2.30. The topological polar surface area (TPSA) is 45.5 Å². The van der Waals surface area contributed by atoms with Crippen LogP contribution in [0.5, 0.6) is 0 Å². The second-order valence-corrected chi connectivity index (χ2v) is 6.02. The average molecular weight is 348 g/mol. The van der Waals surface area contributed by atoms with Crippen molar-refractivity contribution in [3.63, 3.8) is 0 Å². The van der Waals surface area contributed by atoms with Crippen molar-refractivity contribution < 1.29 is 9.90 Å². The molecule has 0 spiro atoms. The molecule has 0 saturated carbocycles. The molecule has 2 heterocycles. The highest BCUT2D eigenvalue weighted by atomic mass is 127. The van der Waals surface area contributed by atoms with E-state index in [0.717, 1.165) is 23.2 Å². The number of piperidine rings is 1. The third kappa shape index (κ3) is 3.22. The smallest absolute Gasteiger partial charge is 0.352 e. The predicted octanol–water partition coefficient (Wildman–Crippen LogP) is 2.13. The first kappa shape index (κ1) is 12.9. The molecule has 0 amide bonds. The highest BCUT2D eigenvalue weighted by Gasteiger charge is 2.20. The summed E-state index contributed by atoms with van der Waals surface area (Å²) in [5, 5.41) is 9.13. The molecule has 1 atom stereocenters. The number of carboxylic acids is 1. The van der Waals surface area contributed by atoms with E-state index in [4.69, 9.17) is 5.11 Å². The van der Waals surface area contributed by atoms with Gasteiger partial charge in [0.15, 0.2) is 0 Å². The Morgan fingerprint density at radius 2 is 2.41 bits per heavy atom. The number of hydrogen-bond acceptors (Lipinski definition) is 2. The zero-order valence-electron chi connectivity index (χ0n) is 9.90. The molecule has 1 aromatic rings. The van der Waals surface area contributed by atoms with Crippen LogP contribution in [0.25, 0.3) is 0 Å². The fourth-order valence-corrected chi connectivity index (χ4v) is 3.14. The number of aromatic nitrogens is 1. The van der Waals surface area contributed by atoms with Crippen molar-refractivity contribution in [1.29, 1.82) is 0 Å². The first-order valence-electron chi connectivity index (χ1n) is 5.84. The number of rotatable bonds is 3. The lowest BCUT2D eigenvalue weighted by molar-refractivity contribution is 0.0682. The fourth-order valence-electron chi connectivity index (χ4n) is 2.51. The lowest BCUT2D eigenvalue weighted by atomic mass is 9.98. The van der Waals surface area contributed by atoms with Gasteiger partial charge in [-0.05, 0) is 61.0 Å². The molecule has 1 saturated heterocycles. The Balaban J connectivity index is 2.09. The van der Waals surface area contributed by atoms with Gasteiger partial charge >= 0.3 is 5.97 Å². The van der Waals surface area contributed by atoms with Crippen LogP contribution >= 0.6 is 22.6 Å². The van der Waals surface area contributed by atoms with Gasteiger partial charge in [0.1, 0.15) is 5.69 Å². The van der Waals surface area contributed by atoms with Crippen molar-refractivity contribution in [2.24, 2.45) is 5.92 Å². The average Bonchev–Trinajstić information content (AvgIpc) is 2.59. The van der Waals surface area contributed by atoms with Crippen molar-refractivity contribution >= 4 is 28.6 Å². The molecule has 5 heteroatoms. The normalized spacial score (nSPS) is 21.6. The molecular weight excluding hydrogens is 331 g/mol. The molecule has 94 valence electrons. The van der Waals surface area contributed by atoms with Crippen LogP contribution in [0.2, 0.25) is 0 Å². The van der Waals surface area contributed by atoms with Gasteiger partial charge in [-0.15, -0.1) is 0 Å². The van der Waals surface area contributed by atoms with E-state index < -0.39 is 5.97 Å². The molecule has 0 bridgehead atoms. The Morgan fingerprint density at radius 1 is 1.65 bits per heavy atom. The van der Waals surface area contributed by atoms with Crippen molar-refractivity contribution in [2.75, 3.05) is 20.1 Å². The minimum Gasteiger partial charge on any atom is -0.477 e. The summed E-state index contributed by atoms with van der Waals surface area (Å²) in [5.41, 5.74) is 0.405. The number of carboxylic acid groups (broad SMARTS) is 1. The van der Waals surface area contributed by atoms with Crippen LogP contribution in [0.3, 0.4) is 0 Å². The van der Waals surface area contributed by atoms with E-state index >= 15 is 0 Å². The van der Waals surface area contributed by atoms with Gasteiger partial charge in [0, 0.05) is 22.9 Å². The third-order valence-electron chi connectivity index (χ3n) is 3.26. The van der Waals surface area contributed by atoms with Gasteiger partial charge in [-0.2, -0.15) is 0 Å². The Labute approximate surface area is 115 Å². The van der Waals surface area contributed by atoms with Gasteiger partial charge < -0.3 is 14.6 Å². The number of likely N-dealkylation sites (tertiary alicyclic amines) is 1. The standard InChI is InChI=1S/C12H17IN2O2/c1-14-4-2-3-9(6-14)7-15-8-10(13)5-11(15)12(16)17/h5,8-9H,2-4,6-7H2,1H3,(H,16,17). The summed E-state index contributed by atoms with van der Waals surface area (Å²) >= 11 is 2.16. The summed E-state index contributed by atoms with van der Waals surface area (Å²) in [5.74, 6) is -0.271. The van der Waals surface area contributed by atoms with E-state index in [0.29, 0.717) is 11.6 Å². The molecule has 1 fully saturated rings. The number of halogens is 1. The second-order valence-electron chi connectivity index (χ2n) is 4.77. The van der Waals surface area contributed by atoms with Crippen LogP contribution in [0.1, 0.15) is 23.3 Å². The van der Waals surface area contributed by atoms with Crippen molar-refractivity contribution in [2.45, 2.75) is 19.4 Å². The molecule has 2 rings (SSSR count). The summed E-state index contributed by atoms with van der Waals surface area (Å²) in [6, 6.07) is 1.73. The molecule has 17 heavy (non-hydrogen) atoms. The zero-order valence-corrected chi connectivity index (χ0v) is 12.1. The molecular formula is C12H17IN2O2. The summed E-state index contributed by atoms with van der Waals surface area (Å²) in [7, 11) is 2.13. The van der Waals surface area contributed by atoms with Crippen molar-refractivity contribution in [3.05, 3.63) is 21.5 Å². The number of carbonyl (C=O) groups is 1. The maximum atomic E-state index is 11.1. The van der Waals surface area contributed by atoms with Crippen LogP contribution in [-0.4, -0.2) is 40.7 Å². The van der Waals surface area contributed by atoms with E-state index in [1.165, 1.54) is 12.8 Å². The van der Waals surface area contributed by atoms with Crippen LogP contribution in [-0.2, 0) is 6.54 Å².